The van der Waals surface area contributed by atoms with Crippen LogP contribution < -0.4 is 5.32 Å². The van der Waals surface area contributed by atoms with Crippen LogP contribution in [0, 0.1) is 17.8 Å². The third kappa shape index (κ3) is 4.57. The van der Waals surface area contributed by atoms with Crippen LogP contribution in [0.25, 0.3) is 0 Å². The summed E-state index contributed by atoms with van der Waals surface area (Å²) in [5.74, 6) is 2.90. The lowest BCUT2D eigenvalue weighted by molar-refractivity contribution is 0.226. The van der Waals surface area contributed by atoms with Crippen LogP contribution in [0.5, 0.6) is 0 Å². The van der Waals surface area contributed by atoms with Crippen molar-refractivity contribution in [3.63, 3.8) is 0 Å². The van der Waals surface area contributed by atoms with Gasteiger partial charge >= 0.3 is 0 Å². The van der Waals surface area contributed by atoms with Gasteiger partial charge in [0.2, 0.25) is 0 Å². The van der Waals surface area contributed by atoms with E-state index in [1.807, 2.05) is 0 Å². The van der Waals surface area contributed by atoms with Crippen molar-refractivity contribution in [2.24, 2.45) is 17.8 Å². The Morgan fingerprint density at radius 1 is 0.944 bits per heavy atom. The smallest absolute Gasteiger partial charge is 0.00698 e. The van der Waals surface area contributed by atoms with Crippen LogP contribution in [0.1, 0.15) is 78.1 Å². The van der Waals surface area contributed by atoms with Gasteiger partial charge in [0.1, 0.15) is 0 Å². The molecule has 0 aromatic rings. The van der Waals surface area contributed by atoms with Gasteiger partial charge in [-0.25, -0.2) is 0 Å². The third-order valence-electron chi connectivity index (χ3n) is 5.37. The van der Waals surface area contributed by atoms with Crippen LogP contribution in [-0.4, -0.2) is 12.6 Å². The quantitative estimate of drug-likeness (QED) is 0.743. The Morgan fingerprint density at radius 3 is 2.44 bits per heavy atom. The Balaban J connectivity index is 1.60. The van der Waals surface area contributed by atoms with Gasteiger partial charge < -0.3 is 5.32 Å². The van der Waals surface area contributed by atoms with Crippen molar-refractivity contribution in [3.8, 4) is 0 Å². The van der Waals surface area contributed by atoms with Gasteiger partial charge in [0, 0.05) is 6.04 Å². The van der Waals surface area contributed by atoms with Crippen LogP contribution in [0.2, 0.25) is 0 Å². The van der Waals surface area contributed by atoms with E-state index < -0.39 is 0 Å². The zero-order valence-electron chi connectivity index (χ0n) is 12.6. The van der Waals surface area contributed by atoms with E-state index in [0.29, 0.717) is 0 Å². The van der Waals surface area contributed by atoms with Gasteiger partial charge in [0.15, 0.2) is 0 Å². The number of hydrogen-bond acceptors (Lipinski definition) is 1. The van der Waals surface area contributed by atoms with Gasteiger partial charge in [0.25, 0.3) is 0 Å². The summed E-state index contributed by atoms with van der Waals surface area (Å²) in [5, 5.41) is 3.85. The first-order chi connectivity index (χ1) is 8.75. The molecule has 106 valence electrons. The second-order valence-electron chi connectivity index (χ2n) is 7.11. The summed E-state index contributed by atoms with van der Waals surface area (Å²) in [6, 6.07) is 0.828. The monoisotopic (exact) mass is 251 g/mol. The second kappa shape index (κ2) is 7.53. The minimum Gasteiger partial charge on any atom is -0.314 e. The van der Waals surface area contributed by atoms with Crippen molar-refractivity contribution in [1.29, 1.82) is 0 Å². The summed E-state index contributed by atoms with van der Waals surface area (Å²) in [6.45, 7) is 6.07. The predicted molar refractivity (Wildman–Crippen MR) is 79.8 cm³/mol. The molecule has 2 atom stereocenters. The first-order valence-electron chi connectivity index (χ1n) is 8.49. The van der Waals surface area contributed by atoms with Crippen LogP contribution in [0.4, 0.5) is 0 Å². The Morgan fingerprint density at radius 2 is 1.72 bits per heavy atom. The highest BCUT2D eigenvalue weighted by atomic mass is 14.9. The molecule has 0 saturated heterocycles. The molecular formula is C17H33N. The molecule has 18 heavy (non-hydrogen) atoms. The summed E-state index contributed by atoms with van der Waals surface area (Å²) < 4.78 is 0. The minimum absolute atomic E-state index is 0.828. The number of nitrogens with one attached hydrogen (secondary N) is 1. The van der Waals surface area contributed by atoms with E-state index in [4.69, 9.17) is 0 Å². The first kappa shape index (κ1) is 14.4. The fourth-order valence-corrected chi connectivity index (χ4v) is 3.99. The highest BCUT2D eigenvalue weighted by molar-refractivity contribution is 4.80. The molecule has 1 heteroatoms. The summed E-state index contributed by atoms with van der Waals surface area (Å²) in [6.07, 6.45) is 14.7. The van der Waals surface area contributed by atoms with E-state index in [-0.39, 0.29) is 0 Å². The fraction of sp³-hybridized carbons (Fsp3) is 1.00. The molecule has 0 bridgehead atoms. The molecule has 0 spiro atoms. The average Bonchev–Trinajstić information content (AvgIpc) is 2.40. The first-order valence-corrected chi connectivity index (χ1v) is 8.49. The second-order valence-corrected chi connectivity index (χ2v) is 7.11. The molecule has 1 nitrogen and oxygen atoms in total. The normalized spacial score (nSPS) is 30.8. The van der Waals surface area contributed by atoms with Gasteiger partial charge in [0.05, 0.1) is 0 Å². The molecule has 2 saturated carbocycles. The van der Waals surface area contributed by atoms with Crippen molar-refractivity contribution in [3.05, 3.63) is 0 Å². The summed E-state index contributed by atoms with van der Waals surface area (Å²) >= 11 is 0. The highest BCUT2D eigenvalue weighted by Gasteiger charge is 2.23. The van der Waals surface area contributed by atoms with Crippen molar-refractivity contribution in [2.75, 3.05) is 6.54 Å². The molecule has 2 unspecified atom stereocenters. The van der Waals surface area contributed by atoms with Crippen LogP contribution in [0.15, 0.2) is 0 Å². The minimum atomic E-state index is 0.828. The Labute approximate surface area is 114 Å². The predicted octanol–water partition coefficient (Wildman–Crippen LogP) is 4.76. The standard InChI is InChI=1S/C17H33N/c1-14(2)16-9-6-10-17(13-16)18-12-11-15-7-4-3-5-8-15/h14-18H,3-13H2,1-2H3. The third-order valence-corrected chi connectivity index (χ3v) is 5.37. The molecular weight excluding hydrogens is 218 g/mol. The summed E-state index contributed by atoms with van der Waals surface area (Å²) in [7, 11) is 0. The van der Waals surface area contributed by atoms with Gasteiger partial charge in [-0.05, 0) is 43.6 Å². The van der Waals surface area contributed by atoms with Crippen molar-refractivity contribution < 1.29 is 0 Å². The largest absolute Gasteiger partial charge is 0.314 e. The van der Waals surface area contributed by atoms with Crippen molar-refractivity contribution >= 4 is 0 Å². The number of rotatable bonds is 5. The molecule has 2 aliphatic rings. The Bertz CT molecular complexity index is 218. The van der Waals surface area contributed by atoms with Gasteiger partial charge in [-0.15, -0.1) is 0 Å². The Hall–Kier alpha value is -0.0400. The molecule has 0 aromatic carbocycles. The lowest BCUT2D eigenvalue weighted by Gasteiger charge is -2.32. The van der Waals surface area contributed by atoms with E-state index >= 15 is 0 Å². The maximum Gasteiger partial charge on any atom is 0.00698 e. The van der Waals surface area contributed by atoms with Crippen LogP contribution >= 0.6 is 0 Å². The summed E-state index contributed by atoms with van der Waals surface area (Å²) in [4.78, 5) is 0. The molecule has 2 rings (SSSR count). The zero-order valence-corrected chi connectivity index (χ0v) is 12.6. The molecule has 0 radical (unpaired) electrons. The molecule has 0 aromatic heterocycles. The zero-order chi connectivity index (χ0) is 12.8. The maximum atomic E-state index is 3.85. The van der Waals surface area contributed by atoms with E-state index in [9.17, 15) is 0 Å². The van der Waals surface area contributed by atoms with Gasteiger partial charge in [-0.3, -0.25) is 0 Å². The Kier molecular flexibility index (Phi) is 6.01. The van der Waals surface area contributed by atoms with Gasteiger partial charge in [-0.2, -0.15) is 0 Å². The summed E-state index contributed by atoms with van der Waals surface area (Å²) in [5.41, 5.74) is 0. The molecule has 0 aliphatic heterocycles. The highest BCUT2D eigenvalue weighted by Crippen LogP contribution is 2.30. The lowest BCUT2D eigenvalue weighted by Crippen LogP contribution is -2.36. The average molecular weight is 251 g/mol. The van der Waals surface area contributed by atoms with E-state index in [1.165, 1.54) is 70.8 Å². The van der Waals surface area contributed by atoms with Gasteiger partial charge in [-0.1, -0.05) is 58.8 Å². The SMILES string of the molecule is CC(C)C1CCCC(NCCC2CCCCC2)C1. The molecule has 2 aliphatic carbocycles. The molecule has 0 heterocycles. The van der Waals surface area contributed by atoms with Crippen LogP contribution in [-0.2, 0) is 0 Å². The van der Waals surface area contributed by atoms with E-state index in [1.54, 1.807) is 0 Å². The maximum absolute atomic E-state index is 3.85. The molecule has 2 fully saturated rings. The van der Waals surface area contributed by atoms with Crippen molar-refractivity contribution in [2.45, 2.75) is 84.1 Å². The van der Waals surface area contributed by atoms with Crippen LogP contribution in [0.3, 0.4) is 0 Å². The molecule has 0 amide bonds. The molecule has 1 N–H and O–H groups in total. The van der Waals surface area contributed by atoms with E-state index in [0.717, 1.165) is 23.8 Å². The number of hydrogen-bond donors (Lipinski definition) is 1. The van der Waals surface area contributed by atoms with Crippen molar-refractivity contribution in [1.82, 2.24) is 5.32 Å². The lowest BCUT2D eigenvalue weighted by atomic mass is 9.79. The fourth-order valence-electron chi connectivity index (χ4n) is 3.99. The van der Waals surface area contributed by atoms with E-state index in [2.05, 4.69) is 19.2 Å². The topological polar surface area (TPSA) is 12.0 Å².